The number of rotatable bonds is 5. The zero-order valence-electron chi connectivity index (χ0n) is 18.1. The monoisotopic (exact) mass is 420 g/mol. The molecule has 6 heteroatoms. The van der Waals surface area contributed by atoms with E-state index in [4.69, 9.17) is 0 Å². The zero-order valence-corrected chi connectivity index (χ0v) is 18.1. The van der Waals surface area contributed by atoms with Crippen molar-refractivity contribution in [2.45, 2.75) is 53.3 Å². The lowest BCUT2D eigenvalue weighted by atomic mass is 9.85. The van der Waals surface area contributed by atoms with Crippen LogP contribution < -0.4 is 0 Å². The van der Waals surface area contributed by atoms with Crippen molar-refractivity contribution in [3.8, 4) is 0 Å². The minimum Gasteiger partial charge on any atom is -0.463 e. The van der Waals surface area contributed by atoms with Crippen molar-refractivity contribution < 1.29 is 27.8 Å². The summed E-state index contributed by atoms with van der Waals surface area (Å²) in [5.41, 5.74) is 1.52. The number of aliphatic hydroxyl groups is 1. The zero-order chi connectivity index (χ0) is 22.9. The van der Waals surface area contributed by atoms with E-state index in [1.165, 1.54) is 6.92 Å². The minimum atomic E-state index is -5.25. The molecular formula is C24H27F3O3. The fourth-order valence-electron chi connectivity index (χ4n) is 3.74. The SMILES string of the molecule is CCOC(=O)[C@](O)(/C=C(\c1cc(C)cc(C)c1)c1c(C)cc(C)cc1C)C(F)(F)F. The van der Waals surface area contributed by atoms with Gasteiger partial charge in [-0.3, -0.25) is 0 Å². The average molecular weight is 420 g/mol. The number of ether oxygens (including phenoxy) is 1. The number of benzene rings is 2. The molecule has 0 amide bonds. The Bertz CT molecular complexity index is 946. The lowest BCUT2D eigenvalue weighted by molar-refractivity contribution is -0.245. The Morgan fingerprint density at radius 3 is 1.83 bits per heavy atom. The van der Waals surface area contributed by atoms with Crippen LogP contribution in [0, 0.1) is 34.6 Å². The van der Waals surface area contributed by atoms with E-state index in [1.54, 1.807) is 26.0 Å². The van der Waals surface area contributed by atoms with Crippen molar-refractivity contribution >= 4 is 11.5 Å². The molecule has 0 heterocycles. The van der Waals surface area contributed by atoms with E-state index in [9.17, 15) is 23.1 Å². The van der Waals surface area contributed by atoms with E-state index in [2.05, 4.69) is 4.74 Å². The Morgan fingerprint density at radius 2 is 1.40 bits per heavy atom. The van der Waals surface area contributed by atoms with Crippen LogP contribution in [0.5, 0.6) is 0 Å². The third-order valence-corrected chi connectivity index (χ3v) is 4.85. The first-order valence-corrected chi connectivity index (χ1v) is 9.66. The highest BCUT2D eigenvalue weighted by atomic mass is 19.4. The number of hydrogen-bond acceptors (Lipinski definition) is 3. The highest BCUT2D eigenvalue weighted by Gasteiger charge is 2.59. The molecule has 0 radical (unpaired) electrons. The van der Waals surface area contributed by atoms with Gasteiger partial charge in [0.05, 0.1) is 6.61 Å². The predicted octanol–water partition coefficient (Wildman–Crippen LogP) is 5.52. The standard InChI is InChI=1S/C24H27F3O3/c1-7-30-22(28)23(29,24(25,26)27)13-20(19-11-14(2)8-15(3)12-19)21-17(5)9-16(4)10-18(21)6/h8-13,29H,7H2,1-6H3/b20-13+/t23-/m1/s1. The Hall–Kier alpha value is -2.60. The highest BCUT2D eigenvalue weighted by Crippen LogP contribution is 2.39. The molecule has 3 nitrogen and oxygen atoms in total. The van der Waals surface area contributed by atoms with Gasteiger partial charge in [-0.15, -0.1) is 0 Å². The van der Waals surface area contributed by atoms with Crippen molar-refractivity contribution in [1.29, 1.82) is 0 Å². The van der Waals surface area contributed by atoms with E-state index in [-0.39, 0.29) is 12.2 Å². The fraction of sp³-hybridized carbons (Fsp3) is 0.375. The summed E-state index contributed by atoms with van der Waals surface area (Å²) in [6.45, 7) is 10.3. The van der Waals surface area contributed by atoms with Crippen LogP contribution in [-0.2, 0) is 9.53 Å². The molecule has 0 aliphatic rings. The number of hydrogen-bond donors (Lipinski definition) is 1. The molecular weight excluding hydrogens is 393 g/mol. The Labute approximate surface area is 175 Å². The van der Waals surface area contributed by atoms with Crippen LogP contribution in [0.15, 0.2) is 36.4 Å². The van der Waals surface area contributed by atoms with Gasteiger partial charge in [0.2, 0.25) is 0 Å². The molecule has 0 aliphatic carbocycles. The molecule has 0 fully saturated rings. The maximum absolute atomic E-state index is 13.9. The molecule has 2 rings (SSSR count). The molecule has 0 aliphatic heterocycles. The summed E-state index contributed by atoms with van der Waals surface area (Å²) in [4.78, 5) is 12.2. The van der Waals surface area contributed by atoms with Crippen molar-refractivity contribution in [2.75, 3.05) is 6.61 Å². The molecule has 0 bridgehead atoms. The Morgan fingerprint density at radius 1 is 0.933 bits per heavy atom. The first-order chi connectivity index (χ1) is 13.8. The van der Waals surface area contributed by atoms with E-state index < -0.39 is 17.7 Å². The molecule has 30 heavy (non-hydrogen) atoms. The second-order valence-electron chi connectivity index (χ2n) is 7.69. The van der Waals surface area contributed by atoms with Crippen LogP contribution in [0.3, 0.4) is 0 Å². The number of esters is 1. The predicted molar refractivity (Wildman–Crippen MR) is 111 cm³/mol. The van der Waals surface area contributed by atoms with Gasteiger partial charge in [-0.1, -0.05) is 47.0 Å². The molecule has 0 saturated heterocycles. The summed E-state index contributed by atoms with van der Waals surface area (Å²) in [5.74, 6) is -1.75. The topological polar surface area (TPSA) is 46.5 Å². The largest absolute Gasteiger partial charge is 0.463 e. The van der Waals surface area contributed by atoms with Crippen molar-refractivity contribution in [3.05, 3.63) is 75.4 Å². The first-order valence-electron chi connectivity index (χ1n) is 9.66. The molecule has 2 aromatic rings. The third-order valence-electron chi connectivity index (χ3n) is 4.85. The van der Waals surface area contributed by atoms with E-state index >= 15 is 0 Å². The van der Waals surface area contributed by atoms with Gasteiger partial charge in [-0.05, 0) is 75.4 Å². The number of alkyl halides is 3. The van der Waals surface area contributed by atoms with Gasteiger partial charge in [0.25, 0.3) is 5.60 Å². The Kier molecular flexibility index (Phi) is 6.82. The van der Waals surface area contributed by atoms with Crippen molar-refractivity contribution in [2.24, 2.45) is 0 Å². The highest BCUT2D eigenvalue weighted by molar-refractivity contribution is 5.91. The average Bonchev–Trinajstić information content (AvgIpc) is 2.58. The fourth-order valence-corrected chi connectivity index (χ4v) is 3.74. The van der Waals surface area contributed by atoms with Crippen LogP contribution in [0.2, 0.25) is 0 Å². The summed E-state index contributed by atoms with van der Waals surface area (Å²) in [6, 6.07) is 9.09. The molecule has 0 unspecified atom stereocenters. The molecule has 0 aromatic heterocycles. The Balaban J connectivity index is 2.93. The molecule has 1 atom stereocenters. The smallest absolute Gasteiger partial charge is 0.431 e. The van der Waals surface area contributed by atoms with Crippen LogP contribution in [0.4, 0.5) is 13.2 Å². The van der Waals surface area contributed by atoms with E-state index in [0.29, 0.717) is 17.2 Å². The van der Waals surface area contributed by atoms with Crippen LogP contribution in [0.1, 0.15) is 45.9 Å². The lowest BCUT2D eigenvalue weighted by Crippen LogP contribution is -2.51. The van der Waals surface area contributed by atoms with Crippen LogP contribution in [-0.4, -0.2) is 29.5 Å². The van der Waals surface area contributed by atoms with E-state index in [1.807, 2.05) is 39.0 Å². The maximum Gasteiger partial charge on any atom is 0.431 e. The lowest BCUT2D eigenvalue weighted by Gasteiger charge is -2.27. The summed E-state index contributed by atoms with van der Waals surface area (Å²) in [6.07, 6.45) is -4.67. The van der Waals surface area contributed by atoms with Crippen molar-refractivity contribution in [1.82, 2.24) is 0 Å². The summed E-state index contributed by atoms with van der Waals surface area (Å²) >= 11 is 0. The third kappa shape index (κ3) is 4.75. The summed E-state index contributed by atoms with van der Waals surface area (Å²) < 4.78 is 46.3. The van der Waals surface area contributed by atoms with Crippen LogP contribution >= 0.6 is 0 Å². The first kappa shape index (κ1) is 23.7. The number of halogens is 3. The van der Waals surface area contributed by atoms with Gasteiger partial charge in [0.1, 0.15) is 0 Å². The maximum atomic E-state index is 13.9. The van der Waals surface area contributed by atoms with Crippen molar-refractivity contribution in [3.63, 3.8) is 0 Å². The molecule has 1 N–H and O–H groups in total. The molecule has 2 aromatic carbocycles. The van der Waals surface area contributed by atoms with Gasteiger partial charge in [0, 0.05) is 0 Å². The number of carbonyl (C=O) groups is 1. The van der Waals surface area contributed by atoms with Gasteiger partial charge < -0.3 is 9.84 Å². The van der Waals surface area contributed by atoms with Gasteiger partial charge >= 0.3 is 12.1 Å². The van der Waals surface area contributed by atoms with Crippen LogP contribution in [0.25, 0.3) is 5.57 Å². The summed E-state index contributed by atoms with van der Waals surface area (Å²) in [7, 11) is 0. The molecule has 162 valence electrons. The molecule has 0 saturated carbocycles. The second kappa shape index (κ2) is 8.64. The van der Waals surface area contributed by atoms with Gasteiger partial charge in [0.15, 0.2) is 0 Å². The van der Waals surface area contributed by atoms with Gasteiger partial charge in [-0.25, -0.2) is 4.79 Å². The number of aryl methyl sites for hydroxylation is 5. The quantitative estimate of drug-likeness (QED) is 0.648. The molecule has 0 spiro atoms. The van der Waals surface area contributed by atoms with Gasteiger partial charge in [-0.2, -0.15) is 13.2 Å². The number of carbonyl (C=O) groups excluding carboxylic acids is 1. The normalized spacial score (nSPS) is 14.4. The van der Waals surface area contributed by atoms with E-state index in [0.717, 1.165) is 27.8 Å². The minimum absolute atomic E-state index is 0.129. The summed E-state index contributed by atoms with van der Waals surface area (Å²) in [5, 5.41) is 10.5. The second-order valence-corrected chi connectivity index (χ2v) is 7.69.